The van der Waals surface area contributed by atoms with Gasteiger partial charge in [0.25, 0.3) is 0 Å². The quantitative estimate of drug-likeness (QED) is 0.883. The van der Waals surface area contributed by atoms with E-state index in [2.05, 4.69) is 5.32 Å². The van der Waals surface area contributed by atoms with Gasteiger partial charge in [0.15, 0.2) is 5.78 Å². The second-order valence-electron chi connectivity index (χ2n) is 6.63. The zero-order chi connectivity index (χ0) is 19.2. The molecule has 1 aliphatic heterocycles. The minimum absolute atomic E-state index is 0.0505. The third kappa shape index (κ3) is 4.73. The van der Waals surface area contributed by atoms with Crippen molar-refractivity contribution in [3.05, 3.63) is 66.2 Å². The number of benzene rings is 2. The van der Waals surface area contributed by atoms with Crippen LogP contribution in [0.5, 0.6) is 0 Å². The van der Waals surface area contributed by atoms with E-state index in [0.29, 0.717) is 19.4 Å². The summed E-state index contributed by atoms with van der Waals surface area (Å²) in [6.07, 6.45) is 0.750. The summed E-state index contributed by atoms with van der Waals surface area (Å²) >= 11 is 0. The van der Waals surface area contributed by atoms with Gasteiger partial charge in [-0.2, -0.15) is 0 Å². The molecule has 0 bridgehead atoms. The molecule has 0 spiro atoms. The lowest BCUT2D eigenvalue weighted by Gasteiger charge is -2.26. The molecule has 0 saturated carbocycles. The zero-order valence-corrected chi connectivity index (χ0v) is 15.3. The number of para-hydroxylation sites is 1. The highest BCUT2D eigenvalue weighted by molar-refractivity contribution is 5.97. The minimum Gasteiger partial charge on any atom is -0.333 e. The summed E-state index contributed by atoms with van der Waals surface area (Å²) in [4.78, 5) is 40.2. The molecule has 3 amide bonds. The first-order chi connectivity index (χ1) is 13.0. The van der Waals surface area contributed by atoms with Crippen LogP contribution in [-0.2, 0) is 16.0 Å². The van der Waals surface area contributed by atoms with Crippen LogP contribution in [0.3, 0.4) is 0 Å². The van der Waals surface area contributed by atoms with E-state index in [1.807, 2.05) is 60.7 Å². The smallest absolute Gasteiger partial charge is 0.322 e. The Morgan fingerprint density at radius 1 is 1.07 bits per heavy atom. The monoisotopic (exact) mass is 365 g/mol. The molecule has 3 rings (SSSR count). The number of Topliss-reactive ketones (excluding diaryl/α,β-unsaturated/α-hetero) is 1. The molecule has 1 aliphatic rings. The van der Waals surface area contributed by atoms with Crippen LogP contribution >= 0.6 is 0 Å². The number of anilines is 1. The Bertz CT molecular complexity index is 808. The van der Waals surface area contributed by atoms with Crippen LogP contribution in [0.4, 0.5) is 10.5 Å². The van der Waals surface area contributed by atoms with Crippen LogP contribution in [-0.4, -0.2) is 48.8 Å². The van der Waals surface area contributed by atoms with Crippen LogP contribution in [0.2, 0.25) is 0 Å². The molecule has 0 unspecified atom stereocenters. The summed E-state index contributed by atoms with van der Waals surface area (Å²) in [5, 5.41) is 2.84. The van der Waals surface area contributed by atoms with Crippen molar-refractivity contribution in [3.63, 3.8) is 0 Å². The lowest BCUT2D eigenvalue weighted by molar-refractivity contribution is -0.133. The molecule has 1 N–H and O–H groups in total. The Kier molecular flexibility index (Phi) is 5.86. The first-order valence-electron chi connectivity index (χ1n) is 8.98. The fourth-order valence-electron chi connectivity index (χ4n) is 3.10. The first-order valence-corrected chi connectivity index (χ1v) is 8.98. The Morgan fingerprint density at radius 2 is 1.70 bits per heavy atom. The van der Waals surface area contributed by atoms with Crippen molar-refractivity contribution in [1.82, 2.24) is 10.2 Å². The third-order valence-electron chi connectivity index (χ3n) is 4.67. The van der Waals surface area contributed by atoms with Crippen molar-refractivity contribution in [2.45, 2.75) is 18.9 Å². The number of hydrogen-bond acceptors (Lipinski definition) is 3. The average molecular weight is 365 g/mol. The third-order valence-corrected chi connectivity index (χ3v) is 4.67. The molecule has 6 nitrogen and oxygen atoms in total. The maximum atomic E-state index is 12.9. The summed E-state index contributed by atoms with van der Waals surface area (Å²) in [5.41, 5.74) is 1.68. The van der Waals surface area contributed by atoms with Crippen molar-refractivity contribution in [3.8, 4) is 0 Å². The number of hydrogen-bond donors (Lipinski definition) is 1. The summed E-state index contributed by atoms with van der Waals surface area (Å²) < 4.78 is 0. The van der Waals surface area contributed by atoms with Crippen molar-refractivity contribution < 1.29 is 14.4 Å². The Balaban J connectivity index is 1.75. The molecule has 6 heteroatoms. The SMILES string of the molecule is CN(C(=O)N[C@@H](Cc1ccccc1)C(=O)N1CCC(=O)C1)c1ccccc1. The predicted molar refractivity (Wildman–Crippen MR) is 104 cm³/mol. The number of amides is 3. The van der Waals surface area contributed by atoms with Gasteiger partial charge in [-0.15, -0.1) is 0 Å². The summed E-state index contributed by atoms with van der Waals surface area (Å²) in [6.45, 7) is 0.530. The Labute approximate surface area is 158 Å². The number of carbonyl (C=O) groups excluding carboxylic acids is 3. The van der Waals surface area contributed by atoms with E-state index >= 15 is 0 Å². The largest absolute Gasteiger partial charge is 0.333 e. The van der Waals surface area contributed by atoms with Crippen LogP contribution in [0.25, 0.3) is 0 Å². The highest BCUT2D eigenvalue weighted by Crippen LogP contribution is 2.14. The molecule has 0 aliphatic carbocycles. The lowest BCUT2D eigenvalue weighted by atomic mass is 10.0. The molecule has 0 radical (unpaired) electrons. The second kappa shape index (κ2) is 8.49. The molecule has 0 aromatic heterocycles. The van der Waals surface area contributed by atoms with E-state index in [1.165, 1.54) is 9.80 Å². The van der Waals surface area contributed by atoms with Gasteiger partial charge in [-0.1, -0.05) is 48.5 Å². The van der Waals surface area contributed by atoms with Gasteiger partial charge in [0.2, 0.25) is 5.91 Å². The zero-order valence-electron chi connectivity index (χ0n) is 15.3. The van der Waals surface area contributed by atoms with Gasteiger partial charge in [0, 0.05) is 32.1 Å². The standard InChI is InChI=1S/C21H23N3O3/c1-23(17-10-6-3-7-11-17)21(27)22-19(14-16-8-4-2-5-9-16)20(26)24-13-12-18(25)15-24/h2-11,19H,12-15H2,1H3,(H,22,27)/t19-/m0/s1. The summed E-state index contributed by atoms with van der Waals surface area (Å²) in [5.74, 6) is -0.172. The predicted octanol–water partition coefficient (Wildman–Crippen LogP) is 2.25. The van der Waals surface area contributed by atoms with Crippen molar-refractivity contribution >= 4 is 23.4 Å². The van der Waals surface area contributed by atoms with Gasteiger partial charge in [0.05, 0.1) is 6.54 Å². The average Bonchev–Trinajstić information content (AvgIpc) is 3.14. The molecule has 27 heavy (non-hydrogen) atoms. The molecule has 140 valence electrons. The number of nitrogens with zero attached hydrogens (tertiary/aromatic N) is 2. The van der Waals surface area contributed by atoms with E-state index in [0.717, 1.165) is 11.3 Å². The lowest BCUT2D eigenvalue weighted by Crippen LogP contribution is -2.52. The fourth-order valence-corrected chi connectivity index (χ4v) is 3.10. The van der Waals surface area contributed by atoms with Crippen LogP contribution in [0.15, 0.2) is 60.7 Å². The molecular formula is C21H23N3O3. The highest BCUT2D eigenvalue weighted by atomic mass is 16.2. The number of urea groups is 1. The topological polar surface area (TPSA) is 69.7 Å². The van der Waals surface area contributed by atoms with Crippen molar-refractivity contribution in [2.24, 2.45) is 0 Å². The van der Waals surface area contributed by atoms with E-state index in [1.54, 1.807) is 7.05 Å². The number of ketones is 1. The maximum absolute atomic E-state index is 12.9. The first kappa shape index (κ1) is 18.6. The second-order valence-corrected chi connectivity index (χ2v) is 6.63. The Hall–Kier alpha value is -3.15. The molecule has 2 aromatic rings. The number of likely N-dealkylation sites (tertiary alicyclic amines) is 1. The summed E-state index contributed by atoms with van der Waals surface area (Å²) in [7, 11) is 1.66. The fraction of sp³-hybridized carbons (Fsp3) is 0.286. The highest BCUT2D eigenvalue weighted by Gasteiger charge is 2.31. The molecule has 1 atom stereocenters. The number of rotatable bonds is 5. The molecule has 1 saturated heterocycles. The summed E-state index contributed by atoms with van der Waals surface area (Å²) in [6, 6.07) is 17.7. The Morgan fingerprint density at radius 3 is 2.30 bits per heavy atom. The maximum Gasteiger partial charge on any atom is 0.322 e. The van der Waals surface area contributed by atoms with Crippen LogP contribution < -0.4 is 10.2 Å². The molecule has 2 aromatic carbocycles. The molecular weight excluding hydrogens is 342 g/mol. The van der Waals surface area contributed by atoms with E-state index in [-0.39, 0.29) is 24.3 Å². The van der Waals surface area contributed by atoms with Crippen molar-refractivity contribution in [1.29, 1.82) is 0 Å². The van der Waals surface area contributed by atoms with Gasteiger partial charge in [-0.3, -0.25) is 14.5 Å². The minimum atomic E-state index is -0.725. The van der Waals surface area contributed by atoms with E-state index in [9.17, 15) is 14.4 Å². The molecule has 1 fully saturated rings. The van der Waals surface area contributed by atoms with Crippen molar-refractivity contribution in [2.75, 3.05) is 25.0 Å². The number of nitrogens with one attached hydrogen (secondary N) is 1. The van der Waals surface area contributed by atoms with Crippen LogP contribution in [0, 0.1) is 0 Å². The number of carbonyl (C=O) groups is 3. The van der Waals surface area contributed by atoms with Gasteiger partial charge in [-0.25, -0.2) is 4.79 Å². The van der Waals surface area contributed by atoms with E-state index < -0.39 is 6.04 Å². The van der Waals surface area contributed by atoms with E-state index in [4.69, 9.17) is 0 Å². The van der Waals surface area contributed by atoms with Crippen LogP contribution in [0.1, 0.15) is 12.0 Å². The van der Waals surface area contributed by atoms with Gasteiger partial charge in [0.1, 0.15) is 6.04 Å². The van der Waals surface area contributed by atoms with Gasteiger partial charge in [-0.05, 0) is 17.7 Å². The normalized spacial score (nSPS) is 14.7. The van der Waals surface area contributed by atoms with Gasteiger partial charge < -0.3 is 10.2 Å². The molecule has 1 heterocycles. The van der Waals surface area contributed by atoms with Gasteiger partial charge >= 0.3 is 6.03 Å².